The number of nitrogens with zero attached hydrogens (tertiary/aromatic N) is 3. The molecule has 0 radical (unpaired) electrons. The normalized spacial score (nSPS) is 10.8. The third-order valence-corrected chi connectivity index (χ3v) is 5.35. The summed E-state index contributed by atoms with van der Waals surface area (Å²) in [6, 6.07) is 12.5. The van der Waals surface area contributed by atoms with Crippen LogP contribution in [0.25, 0.3) is 10.2 Å². The van der Waals surface area contributed by atoms with Gasteiger partial charge in [0.1, 0.15) is 28.4 Å². The van der Waals surface area contributed by atoms with Gasteiger partial charge in [-0.05, 0) is 36.2 Å². The number of benzene rings is 1. The number of thiophene rings is 1. The molecule has 1 N–H and O–H groups in total. The summed E-state index contributed by atoms with van der Waals surface area (Å²) in [5, 5.41) is 6.67. The Morgan fingerprint density at radius 3 is 2.75 bits per heavy atom. The summed E-state index contributed by atoms with van der Waals surface area (Å²) < 4.78 is 5.33. The molecule has 4 rings (SSSR count). The second kappa shape index (κ2) is 8.33. The van der Waals surface area contributed by atoms with Crippen molar-refractivity contribution < 1.29 is 9.53 Å². The van der Waals surface area contributed by atoms with Crippen LogP contribution < -0.4 is 10.1 Å². The van der Waals surface area contributed by atoms with Crippen molar-refractivity contribution in [1.82, 2.24) is 15.0 Å². The lowest BCUT2D eigenvalue weighted by molar-refractivity contribution is 0.0728. The minimum atomic E-state index is -0.476. The number of pyridine rings is 1. The highest BCUT2D eigenvalue weighted by atomic mass is 35.5. The Morgan fingerprint density at radius 1 is 1.11 bits per heavy atom. The summed E-state index contributed by atoms with van der Waals surface area (Å²) >= 11 is 7.72. The quantitative estimate of drug-likeness (QED) is 0.369. The smallest absolute Gasteiger partial charge is 0.362 e. The first-order valence-electron chi connectivity index (χ1n) is 8.54. The van der Waals surface area contributed by atoms with Crippen molar-refractivity contribution in [3.63, 3.8) is 0 Å². The number of fused-ring (bicyclic) bond motifs is 1. The van der Waals surface area contributed by atoms with E-state index in [9.17, 15) is 4.79 Å². The molecule has 140 valence electrons. The molecular weight excluding hydrogens is 396 g/mol. The lowest BCUT2D eigenvalue weighted by Gasteiger charge is -2.08. The van der Waals surface area contributed by atoms with E-state index < -0.39 is 5.97 Å². The van der Waals surface area contributed by atoms with Gasteiger partial charge >= 0.3 is 5.97 Å². The van der Waals surface area contributed by atoms with E-state index in [1.54, 1.807) is 36.5 Å². The Kier molecular flexibility index (Phi) is 5.45. The fourth-order valence-corrected chi connectivity index (χ4v) is 3.80. The van der Waals surface area contributed by atoms with Gasteiger partial charge in [0, 0.05) is 18.1 Å². The third kappa shape index (κ3) is 4.11. The number of halogens is 1. The van der Waals surface area contributed by atoms with E-state index in [-0.39, 0.29) is 5.69 Å². The number of rotatable bonds is 6. The van der Waals surface area contributed by atoms with Crippen molar-refractivity contribution in [1.29, 1.82) is 0 Å². The Hall–Kier alpha value is -3.03. The number of carbonyl (C=O) groups is 1. The van der Waals surface area contributed by atoms with Crippen LogP contribution >= 0.6 is 22.9 Å². The maximum Gasteiger partial charge on any atom is 0.362 e. The Labute approximate surface area is 170 Å². The number of aromatic nitrogens is 3. The molecule has 1 aromatic carbocycles. The number of ether oxygens (including phenoxy) is 1. The molecule has 0 unspecified atom stereocenters. The molecule has 0 atom stereocenters. The number of hydrogen-bond donors (Lipinski definition) is 1. The maximum atomic E-state index is 12.0. The number of esters is 1. The van der Waals surface area contributed by atoms with Crippen LogP contribution in [0.5, 0.6) is 5.75 Å². The number of anilines is 1. The van der Waals surface area contributed by atoms with E-state index in [2.05, 4.69) is 20.3 Å². The van der Waals surface area contributed by atoms with Crippen LogP contribution in [0.4, 0.5) is 5.82 Å². The molecule has 0 spiro atoms. The summed E-state index contributed by atoms with van der Waals surface area (Å²) in [5.41, 5.74) is 1.38. The molecule has 0 bridgehead atoms. The SMILES string of the molecule is O=C(Oc1ccc(CCNc2ncnc3scc(Cl)c23)cc1)c1ccccn1. The Bertz CT molecular complexity index is 1100. The van der Waals surface area contributed by atoms with Gasteiger partial charge in [0.15, 0.2) is 0 Å². The monoisotopic (exact) mass is 410 g/mol. The van der Waals surface area contributed by atoms with Crippen LogP contribution in [-0.4, -0.2) is 27.5 Å². The van der Waals surface area contributed by atoms with Crippen molar-refractivity contribution in [2.24, 2.45) is 0 Å². The van der Waals surface area contributed by atoms with Gasteiger partial charge in [-0.2, -0.15) is 0 Å². The summed E-state index contributed by atoms with van der Waals surface area (Å²) in [7, 11) is 0. The van der Waals surface area contributed by atoms with E-state index in [1.165, 1.54) is 17.7 Å². The van der Waals surface area contributed by atoms with Crippen molar-refractivity contribution in [2.75, 3.05) is 11.9 Å². The van der Waals surface area contributed by atoms with Crippen LogP contribution in [0, 0.1) is 0 Å². The Morgan fingerprint density at radius 2 is 1.96 bits per heavy atom. The van der Waals surface area contributed by atoms with Crippen LogP contribution in [0.2, 0.25) is 5.02 Å². The van der Waals surface area contributed by atoms with Gasteiger partial charge in [0.25, 0.3) is 0 Å². The van der Waals surface area contributed by atoms with Crippen LogP contribution in [0.15, 0.2) is 60.4 Å². The van der Waals surface area contributed by atoms with Crippen LogP contribution in [-0.2, 0) is 6.42 Å². The Balaban J connectivity index is 1.34. The highest BCUT2D eigenvalue weighted by Gasteiger charge is 2.10. The predicted octanol–water partition coefficient (Wildman–Crippen LogP) is 4.61. The first-order chi connectivity index (χ1) is 13.7. The van der Waals surface area contributed by atoms with Gasteiger partial charge < -0.3 is 10.1 Å². The van der Waals surface area contributed by atoms with E-state index in [0.29, 0.717) is 17.3 Å². The van der Waals surface area contributed by atoms with Crippen molar-refractivity contribution >= 4 is 44.9 Å². The molecule has 0 saturated carbocycles. The summed E-state index contributed by atoms with van der Waals surface area (Å²) in [6.45, 7) is 0.686. The number of nitrogens with one attached hydrogen (secondary N) is 1. The third-order valence-electron chi connectivity index (χ3n) is 4.04. The minimum Gasteiger partial charge on any atom is -0.422 e. The molecule has 3 heterocycles. The molecule has 0 amide bonds. The fraction of sp³-hybridized carbons (Fsp3) is 0.100. The zero-order valence-electron chi connectivity index (χ0n) is 14.6. The maximum absolute atomic E-state index is 12.0. The van der Waals surface area contributed by atoms with E-state index in [1.807, 2.05) is 17.5 Å². The van der Waals surface area contributed by atoms with Crippen molar-refractivity contribution in [3.8, 4) is 5.75 Å². The molecule has 3 aromatic heterocycles. The largest absolute Gasteiger partial charge is 0.422 e. The van der Waals surface area contributed by atoms with E-state index in [4.69, 9.17) is 16.3 Å². The molecule has 0 fully saturated rings. The molecule has 4 aromatic rings. The molecule has 0 saturated heterocycles. The number of carbonyl (C=O) groups excluding carboxylic acids is 1. The van der Waals surface area contributed by atoms with Gasteiger partial charge in [-0.3, -0.25) is 0 Å². The molecule has 8 heteroatoms. The lowest BCUT2D eigenvalue weighted by atomic mass is 10.1. The second-order valence-electron chi connectivity index (χ2n) is 5.91. The minimum absolute atomic E-state index is 0.277. The van der Waals surface area contributed by atoms with Crippen molar-refractivity contribution in [3.05, 3.63) is 76.6 Å². The van der Waals surface area contributed by atoms with Gasteiger partial charge in [-0.15, -0.1) is 11.3 Å². The standard InChI is InChI=1S/C20H15ClN4O2S/c21-15-11-28-19-17(15)18(24-12-25-19)23-10-8-13-4-6-14(7-5-13)27-20(26)16-3-1-2-9-22-16/h1-7,9,11-12H,8,10H2,(H,23,24,25). The highest BCUT2D eigenvalue weighted by molar-refractivity contribution is 7.17. The lowest BCUT2D eigenvalue weighted by Crippen LogP contribution is -2.10. The first kappa shape index (κ1) is 18.3. The van der Waals surface area contributed by atoms with E-state index >= 15 is 0 Å². The molecular formula is C20H15ClN4O2S. The van der Waals surface area contributed by atoms with Crippen LogP contribution in [0.1, 0.15) is 16.1 Å². The average Bonchev–Trinajstić information content (AvgIpc) is 3.12. The second-order valence-corrected chi connectivity index (χ2v) is 7.18. The number of hydrogen-bond acceptors (Lipinski definition) is 7. The zero-order valence-corrected chi connectivity index (χ0v) is 16.2. The van der Waals surface area contributed by atoms with Gasteiger partial charge in [-0.1, -0.05) is 29.8 Å². The van der Waals surface area contributed by atoms with Gasteiger partial charge in [-0.25, -0.2) is 19.7 Å². The molecule has 0 aliphatic heterocycles. The molecule has 0 aliphatic rings. The van der Waals surface area contributed by atoms with E-state index in [0.717, 1.165) is 28.0 Å². The highest BCUT2D eigenvalue weighted by Crippen LogP contribution is 2.32. The molecule has 0 aliphatic carbocycles. The van der Waals surface area contributed by atoms with Crippen molar-refractivity contribution in [2.45, 2.75) is 6.42 Å². The first-order valence-corrected chi connectivity index (χ1v) is 9.80. The zero-order chi connectivity index (χ0) is 19.3. The fourth-order valence-electron chi connectivity index (χ4n) is 2.67. The average molecular weight is 411 g/mol. The summed E-state index contributed by atoms with van der Waals surface area (Å²) in [5.74, 6) is 0.738. The van der Waals surface area contributed by atoms with Crippen LogP contribution in [0.3, 0.4) is 0 Å². The molecule has 28 heavy (non-hydrogen) atoms. The summed E-state index contributed by atoms with van der Waals surface area (Å²) in [6.07, 6.45) is 3.87. The van der Waals surface area contributed by atoms with Gasteiger partial charge in [0.05, 0.1) is 10.4 Å². The van der Waals surface area contributed by atoms with Gasteiger partial charge in [0.2, 0.25) is 0 Å². The summed E-state index contributed by atoms with van der Waals surface area (Å²) in [4.78, 5) is 25.4. The topological polar surface area (TPSA) is 77.0 Å². The predicted molar refractivity (Wildman–Crippen MR) is 110 cm³/mol. The molecule has 6 nitrogen and oxygen atoms in total.